The van der Waals surface area contributed by atoms with E-state index in [1.165, 1.54) is 15.8 Å². The van der Waals surface area contributed by atoms with Crippen molar-refractivity contribution in [2.75, 3.05) is 11.4 Å². The molecule has 11 rings (SSSR count). The van der Waals surface area contributed by atoms with Gasteiger partial charge in [0.15, 0.2) is 0 Å². The molecule has 4 nitrogen and oxygen atoms in total. The minimum Gasteiger partial charge on any atom is -0.329 e. The number of aromatic nitrogens is 3. The third-order valence-electron chi connectivity index (χ3n) is 11.2. The second-order valence-electron chi connectivity index (χ2n) is 14.6. The fraction of sp³-hybridized carbons (Fsp3) is 0.0189. The lowest BCUT2D eigenvalue weighted by Crippen LogP contribution is -2.16. The Labute approximate surface area is 340 Å². The number of anilines is 2. The molecular formula is C53H36N4S. The highest BCUT2D eigenvalue weighted by atomic mass is 32.1. The van der Waals surface area contributed by atoms with E-state index in [9.17, 15) is 0 Å². The molecule has 3 aromatic heterocycles. The first-order valence-corrected chi connectivity index (χ1v) is 20.4. The van der Waals surface area contributed by atoms with Gasteiger partial charge in [0.2, 0.25) is 5.95 Å². The van der Waals surface area contributed by atoms with Crippen LogP contribution in [-0.4, -0.2) is 21.1 Å². The summed E-state index contributed by atoms with van der Waals surface area (Å²) >= 11 is 1.82. The zero-order valence-corrected chi connectivity index (χ0v) is 32.4. The van der Waals surface area contributed by atoms with Crippen molar-refractivity contribution >= 4 is 70.4 Å². The Morgan fingerprint density at radius 1 is 0.534 bits per heavy atom. The molecule has 0 bridgehead atoms. The number of hydrogen-bond acceptors (Lipinski definition) is 4. The average Bonchev–Trinajstić information content (AvgIpc) is 3.85. The summed E-state index contributed by atoms with van der Waals surface area (Å²) in [7, 11) is 0. The zero-order valence-electron chi connectivity index (χ0n) is 31.6. The van der Waals surface area contributed by atoms with Gasteiger partial charge in [-0.2, -0.15) is 0 Å². The van der Waals surface area contributed by atoms with Crippen LogP contribution in [0.5, 0.6) is 0 Å². The van der Waals surface area contributed by atoms with E-state index in [-0.39, 0.29) is 0 Å². The Hall–Kier alpha value is -7.34. The predicted octanol–water partition coefficient (Wildman–Crippen LogP) is 14.2. The molecule has 0 radical (unpaired) electrons. The van der Waals surface area contributed by atoms with Gasteiger partial charge in [-0.25, -0.2) is 9.97 Å². The molecule has 0 atom stereocenters. The van der Waals surface area contributed by atoms with E-state index in [2.05, 4.69) is 204 Å². The van der Waals surface area contributed by atoms with Crippen LogP contribution >= 0.6 is 11.3 Å². The van der Waals surface area contributed by atoms with Crippen LogP contribution in [0.3, 0.4) is 0 Å². The maximum Gasteiger partial charge on any atom is 0.235 e. The summed E-state index contributed by atoms with van der Waals surface area (Å²) in [6, 6.07) is 60.3. The average molecular weight is 761 g/mol. The molecule has 5 heteroatoms. The molecule has 0 aliphatic carbocycles. The molecule has 0 fully saturated rings. The molecule has 7 aromatic carbocycles. The molecule has 10 aromatic rings. The first kappa shape index (κ1) is 34.0. The largest absolute Gasteiger partial charge is 0.329 e. The Bertz CT molecular complexity index is 3270. The van der Waals surface area contributed by atoms with Crippen LogP contribution in [0.4, 0.5) is 10.7 Å². The summed E-state index contributed by atoms with van der Waals surface area (Å²) in [5.74, 6) is 0.638. The number of hydrogen-bond donors (Lipinski definition) is 0. The normalized spacial score (nSPS) is 14.1. The fourth-order valence-electron chi connectivity index (χ4n) is 8.43. The standard InChI is InChI=1S/C53H36N4S/c1-35-17-6-5-15-32-56(41-24-11-4-12-25-41)52-48(35)45-31-30-43-42-29-28-40(39-23-16-22-38(33-39)36-18-7-2-8-19-36)34-47(42)57(50(43)51(45)58-52)53-54-46-27-14-13-26-44(46)49(55-53)37-20-9-3-10-21-37/h2-31,33-34H,1,32H2/b15-5-,17-6-. The van der Waals surface area contributed by atoms with Gasteiger partial charge in [0.1, 0.15) is 5.00 Å². The minimum atomic E-state index is 0.638. The van der Waals surface area contributed by atoms with E-state index in [1.807, 2.05) is 17.4 Å². The lowest BCUT2D eigenvalue weighted by molar-refractivity contribution is 1.02. The molecule has 1 aliphatic heterocycles. The maximum absolute atomic E-state index is 5.49. The molecule has 1 aliphatic rings. The van der Waals surface area contributed by atoms with Crippen LogP contribution in [0.2, 0.25) is 0 Å². The molecule has 58 heavy (non-hydrogen) atoms. The summed E-state index contributed by atoms with van der Waals surface area (Å²) in [5, 5.41) is 5.65. The Morgan fingerprint density at radius 3 is 2.00 bits per heavy atom. The first-order valence-electron chi connectivity index (χ1n) is 19.6. The maximum atomic E-state index is 5.49. The molecule has 0 saturated heterocycles. The minimum absolute atomic E-state index is 0.638. The fourth-order valence-corrected chi connectivity index (χ4v) is 9.83. The third kappa shape index (κ3) is 5.67. The van der Waals surface area contributed by atoms with Crippen LogP contribution in [0.25, 0.3) is 87.8 Å². The van der Waals surface area contributed by atoms with Crippen LogP contribution in [-0.2, 0) is 0 Å². The molecule has 4 heterocycles. The van der Waals surface area contributed by atoms with Gasteiger partial charge in [0.05, 0.1) is 26.9 Å². The van der Waals surface area contributed by atoms with Gasteiger partial charge in [0, 0.05) is 44.9 Å². The number of nitrogens with zero attached hydrogens (tertiary/aromatic N) is 4. The van der Waals surface area contributed by atoms with Crippen molar-refractivity contribution in [2.45, 2.75) is 0 Å². The summed E-state index contributed by atoms with van der Waals surface area (Å²) in [5.41, 5.74) is 12.9. The third-order valence-corrected chi connectivity index (χ3v) is 12.4. The van der Waals surface area contributed by atoms with Crippen molar-refractivity contribution < 1.29 is 0 Å². The van der Waals surface area contributed by atoms with E-state index in [4.69, 9.17) is 9.97 Å². The molecule has 0 amide bonds. The second-order valence-corrected chi connectivity index (χ2v) is 15.6. The Kier molecular flexibility index (Phi) is 8.19. The van der Waals surface area contributed by atoms with E-state index in [0.717, 1.165) is 88.8 Å². The summed E-state index contributed by atoms with van der Waals surface area (Å²) in [6.07, 6.45) is 8.56. The van der Waals surface area contributed by atoms with Gasteiger partial charge in [-0.05, 0) is 58.2 Å². The van der Waals surface area contributed by atoms with Gasteiger partial charge >= 0.3 is 0 Å². The number of para-hydroxylation sites is 2. The van der Waals surface area contributed by atoms with Gasteiger partial charge in [-0.1, -0.05) is 170 Å². The number of benzene rings is 7. The van der Waals surface area contributed by atoms with E-state index >= 15 is 0 Å². The van der Waals surface area contributed by atoms with Crippen molar-refractivity contribution in [1.29, 1.82) is 0 Å². The van der Waals surface area contributed by atoms with E-state index in [1.54, 1.807) is 0 Å². The SMILES string of the molecule is C=C1/C=C\C=C/CN(c2ccccc2)c2sc3c(ccc4c5ccc(-c6cccc(-c7ccccc7)c6)cc5n(-c5nc(-c6ccccc6)c6ccccc6n5)c43)c21. The highest BCUT2D eigenvalue weighted by Gasteiger charge is 2.26. The first-order chi connectivity index (χ1) is 28.7. The highest BCUT2D eigenvalue weighted by molar-refractivity contribution is 7.24. The van der Waals surface area contributed by atoms with Crippen molar-refractivity contribution in [3.63, 3.8) is 0 Å². The monoisotopic (exact) mass is 760 g/mol. The topological polar surface area (TPSA) is 34.0 Å². The lowest BCUT2D eigenvalue weighted by atomic mass is 9.98. The predicted molar refractivity (Wildman–Crippen MR) is 246 cm³/mol. The smallest absolute Gasteiger partial charge is 0.235 e. The van der Waals surface area contributed by atoms with Crippen LogP contribution in [0, 0.1) is 0 Å². The van der Waals surface area contributed by atoms with Crippen LogP contribution < -0.4 is 4.90 Å². The van der Waals surface area contributed by atoms with Crippen molar-refractivity contribution in [1.82, 2.24) is 14.5 Å². The molecule has 0 spiro atoms. The molecular weight excluding hydrogens is 725 g/mol. The highest BCUT2D eigenvalue weighted by Crippen LogP contribution is 2.49. The number of fused-ring (bicyclic) bond motifs is 8. The number of thiophene rings is 1. The zero-order chi connectivity index (χ0) is 38.6. The quantitative estimate of drug-likeness (QED) is 0.175. The van der Waals surface area contributed by atoms with Crippen LogP contribution in [0.1, 0.15) is 5.56 Å². The summed E-state index contributed by atoms with van der Waals surface area (Å²) in [4.78, 5) is 13.3. The van der Waals surface area contributed by atoms with Gasteiger partial charge in [-0.15, -0.1) is 11.3 Å². The van der Waals surface area contributed by atoms with Crippen LogP contribution in [0.15, 0.2) is 201 Å². The van der Waals surface area contributed by atoms with Crippen molar-refractivity contribution in [3.05, 3.63) is 206 Å². The van der Waals surface area contributed by atoms with Crippen molar-refractivity contribution in [2.24, 2.45) is 0 Å². The number of allylic oxidation sites excluding steroid dienone is 4. The molecule has 274 valence electrons. The summed E-state index contributed by atoms with van der Waals surface area (Å²) < 4.78 is 3.49. The molecule has 0 N–H and O–H groups in total. The molecule has 0 saturated carbocycles. The Morgan fingerprint density at radius 2 is 1.19 bits per heavy atom. The lowest BCUT2D eigenvalue weighted by Gasteiger charge is -2.23. The summed E-state index contributed by atoms with van der Waals surface area (Å²) in [6.45, 7) is 5.36. The van der Waals surface area contributed by atoms with Crippen molar-refractivity contribution in [3.8, 4) is 39.5 Å². The van der Waals surface area contributed by atoms with Gasteiger partial charge < -0.3 is 4.90 Å². The second kappa shape index (κ2) is 14.0. The molecule has 0 unspecified atom stereocenters. The number of rotatable bonds is 5. The van der Waals surface area contributed by atoms with E-state index in [0.29, 0.717) is 5.95 Å². The Balaban J connectivity index is 1.24. The van der Waals surface area contributed by atoms with Gasteiger partial charge in [-0.3, -0.25) is 4.57 Å². The van der Waals surface area contributed by atoms with E-state index < -0.39 is 0 Å². The van der Waals surface area contributed by atoms with Gasteiger partial charge in [0.25, 0.3) is 0 Å².